The summed E-state index contributed by atoms with van der Waals surface area (Å²) in [6.45, 7) is 0. The Kier molecular flexibility index (Phi) is 2.21. The van der Waals surface area contributed by atoms with Crippen LogP contribution in [0.15, 0.2) is 42.9 Å². The molecule has 1 saturated carbocycles. The zero-order valence-electron chi connectivity index (χ0n) is 9.31. The maximum Gasteiger partial charge on any atom is 0.270 e. The van der Waals surface area contributed by atoms with Crippen molar-refractivity contribution in [2.45, 2.75) is 18.4 Å². The first-order valence-corrected chi connectivity index (χ1v) is 5.67. The van der Waals surface area contributed by atoms with E-state index in [-0.39, 0.29) is 11.4 Å². The van der Waals surface area contributed by atoms with E-state index in [1.54, 1.807) is 0 Å². The third-order valence-electron chi connectivity index (χ3n) is 3.17. The highest BCUT2D eigenvalue weighted by molar-refractivity contribution is 5.92. The molecule has 86 valence electrons. The van der Waals surface area contributed by atoms with E-state index in [0.717, 1.165) is 12.8 Å². The first-order chi connectivity index (χ1) is 8.30. The summed E-state index contributed by atoms with van der Waals surface area (Å²) in [6, 6.07) is 10.1. The molecule has 0 saturated heterocycles. The number of benzene rings is 1. The number of nitrogens with one attached hydrogen (secondary N) is 2. The van der Waals surface area contributed by atoms with Crippen molar-refractivity contribution in [1.29, 1.82) is 0 Å². The lowest BCUT2D eigenvalue weighted by molar-refractivity contribution is 0.0926. The van der Waals surface area contributed by atoms with Crippen molar-refractivity contribution >= 4 is 5.91 Å². The molecule has 1 aliphatic carbocycles. The molecular formula is C13H13N3O. The summed E-state index contributed by atoms with van der Waals surface area (Å²) < 4.78 is 0. The van der Waals surface area contributed by atoms with Crippen LogP contribution < -0.4 is 5.32 Å². The quantitative estimate of drug-likeness (QED) is 0.840. The van der Waals surface area contributed by atoms with Gasteiger partial charge in [0.25, 0.3) is 5.91 Å². The van der Waals surface area contributed by atoms with Crippen LogP contribution >= 0.6 is 0 Å². The Morgan fingerprint density at radius 3 is 2.65 bits per heavy atom. The Bertz CT molecular complexity index is 515. The number of hydrogen-bond acceptors (Lipinski definition) is 2. The van der Waals surface area contributed by atoms with Gasteiger partial charge >= 0.3 is 0 Å². The van der Waals surface area contributed by atoms with Gasteiger partial charge in [-0.1, -0.05) is 30.3 Å². The molecular weight excluding hydrogens is 214 g/mol. The summed E-state index contributed by atoms with van der Waals surface area (Å²) in [6.07, 6.45) is 5.04. The minimum absolute atomic E-state index is 0.0937. The maximum atomic E-state index is 12.0. The average molecular weight is 227 g/mol. The van der Waals surface area contributed by atoms with Crippen LogP contribution in [-0.4, -0.2) is 15.9 Å². The Hall–Kier alpha value is -2.10. The van der Waals surface area contributed by atoms with Crippen molar-refractivity contribution in [3.8, 4) is 0 Å². The van der Waals surface area contributed by atoms with E-state index in [0.29, 0.717) is 5.69 Å². The van der Waals surface area contributed by atoms with Gasteiger partial charge in [-0.2, -0.15) is 0 Å². The number of hydrogen-bond donors (Lipinski definition) is 2. The number of imidazole rings is 1. The number of carbonyl (C=O) groups excluding carboxylic acids is 1. The van der Waals surface area contributed by atoms with Crippen LogP contribution in [0, 0.1) is 0 Å². The van der Waals surface area contributed by atoms with E-state index in [1.807, 2.05) is 18.2 Å². The molecule has 4 heteroatoms. The molecule has 2 N–H and O–H groups in total. The summed E-state index contributed by atoms with van der Waals surface area (Å²) in [7, 11) is 0. The van der Waals surface area contributed by atoms with Crippen LogP contribution in [0.4, 0.5) is 0 Å². The smallest absolute Gasteiger partial charge is 0.270 e. The summed E-state index contributed by atoms with van der Waals surface area (Å²) >= 11 is 0. The summed E-state index contributed by atoms with van der Waals surface area (Å²) in [4.78, 5) is 18.6. The van der Waals surface area contributed by atoms with Gasteiger partial charge in [0, 0.05) is 0 Å². The lowest BCUT2D eigenvalue weighted by Gasteiger charge is -2.17. The molecule has 0 bridgehead atoms. The average Bonchev–Trinajstić information content (AvgIpc) is 2.94. The molecule has 4 nitrogen and oxygen atoms in total. The molecule has 0 spiro atoms. The highest BCUT2D eigenvalue weighted by Gasteiger charge is 2.45. The largest absolute Gasteiger partial charge is 0.341 e. The fourth-order valence-corrected chi connectivity index (χ4v) is 2.03. The standard InChI is InChI=1S/C13H13N3O/c17-12(11-8-14-9-15-11)16-13(6-7-13)10-4-2-1-3-5-10/h1-5,8-9H,6-7H2,(H,14,15)(H,16,17). The number of H-pyrrole nitrogens is 1. The van der Waals surface area contributed by atoms with Crippen LogP contribution in [0.2, 0.25) is 0 Å². The van der Waals surface area contributed by atoms with Gasteiger partial charge in [-0.15, -0.1) is 0 Å². The van der Waals surface area contributed by atoms with Gasteiger partial charge in [0.1, 0.15) is 5.69 Å². The molecule has 3 rings (SSSR count). The van der Waals surface area contributed by atoms with Crippen LogP contribution in [0.3, 0.4) is 0 Å². The van der Waals surface area contributed by atoms with Crippen molar-refractivity contribution in [3.63, 3.8) is 0 Å². The molecule has 1 fully saturated rings. The Morgan fingerprint density at radius 1 is 1.29 bits per heavy atom. The zero-order chi connectivity index (χ0) is 11.7. The number of amides is 1. The summed E-state index contributed by atoms with van der Waals surface area (Å²) in [5.74, 6) is -0.0937. The fraction of sp³-hybridized carbons (Fsp3) is 0.231. The SMILES string of the molecule is O=C(NC1(c2ccccc2)CC1)c1cnc[nH]1. The second-order valence-corrected chi connectivity index (χ2v) is 4.37. The van der Waals surface area contributed by atoms with Gasteiger partial charge in [0.15, 0.2) is 0 Å². The molecule has 1 heterocycles. The minimum atomic E-state index is -0.163. The molecule has 0 aliphatic heterocycles. The van der Waals surface area contributed by atoms with Crippen molar-refractivity contribution in [2.24, 2.45) is 0 Å². The Balaban J connectivity index is 1.80. The number of aromatic amines is 1. The van der Waals surface area contributed by atoms with Crippen LogP contribution in [0.5, 0.6) is 0 Å². The van der Waals surface area contributed by atoms with Crippen LogP contribution in [0.25, 0.3) is 0 Å². The normalized spacial score (nSPS) is 16.5. The molecule has 1 aromatic carbocycles. The third-order valence-corrected chi connectivity index (χ3v) is 3.17. The number of nitrogens with zero attached hydrogens (tertiary/aromatic N) is 1. The van der Waals surface area contributed by atoms with E-state index < -0.39 is 0 Å². The first-order valence-electron chi connectivity index (χ1n) is 5.67. The third kappa shape index (κ3) is 1.82. The van der Waals surface area contributed by atoms with Crippen molar-refractivity contribution in [3.05, 3.63) is 54.1 Å². The second kappa shape index (κ2) is 3.73. The van der Waals surface area contributed by atoms with Crippen molar-refractivity contribution < 1.29 is 4.79 Å². The number of aromatic nitrogens is 2. The summed E-state index contributed by atoms with van der Waals surface area (Å²) in [5, 5.41) is 3.08. The van der Waals surface area contributed by atoms with Crippen LogP contribution in [0.1, 0.15) is 28.9 Å². The van der Waals surface area contributed by atoms with E-state index in [4.69, 9.17) is 0 Å². The zero-order valence-corrected chi connectivity index (χ0v) is 9.31. The molecule has 1 amide bonds. The summed E-state index contributed by atoms with van der Waals surface area (Å²) in [5.41, 5.74) is 1.52. The first kappa shape index (κ1) is 10.1. The molecule has 2 aromatic rings. The topological polar surface area (TPSA) is 57.8 Å². The number of rotatable bonds is 3. The van der Waals surface area contributed by atoms with Gasteiger partial charge < -0.3 is 10.3 Å². The maximum absolute atomic E-state index is 12.0. The van der Waals surface area contributed by atoms with Gasteiger partial charge in [-0.05, 0) is 18.4 Å². The predicted octanol–water partition coefficient (Wildman–Crippen LogP) is 1.83. The Labute approximate surface area is 99.1 Å². The highest BCUT2D eigenvalue weighted by atomic mass is 16.2. The Morgan fingerprint density at radius 2 is 2.06 bits per heavy atom. The molecule has 17 heavy (non-hydrogen) atoms. The minimum Gasteiger partial charge on any atom is -0.341 e. The molecule has 0 radical (unpaired) electrons. The lowest BCUT2D eigenvalue weighted by Crippen LogP contribution is -2.34. The van der Waals surface area contributed by atoms with Crippen molar-refractivity contribution in [1.82, 2.24) is 15.3 Å². The monoisotopic (exact) mass is 227 g/mol. The van der Waals surface area contributed by atoms with Gasteiger partial charge in [0.2, 0.25) is 0 Å². The van der Waals surface area contributed by atoms with E-state index in [2.05, 4.69) is 27.4 Å². The lowest BCUT2D eigenvalue weighted by atomic mass is 10.1. The van der Waals surface area contributed by atoms with E-state index in [1.165, 1.54) is 18.1 Å². The highest BCUT2D eigenvalue weighted by Crippen LogP contribution is 2.45. The van der Waals surface area contributed by atoms with E-state index >= 15 is 0 Å². The fourth-order valence-electron chi connectivity index (χ4n) is 2.03. The van der Waals surface area contributed by atoms with Crippen LogP contribution in [-0.2, 0) is 5.54 Å². The van der Waals surface area contributed by atoms with Gasteiger partial charge in [-0.3, -0.25) is 4.79 Å². The predicted molar refractivity (Wildman–Crippen MR) is 63.4 cm³/mol. The van der Waals surface area contributed by atoms with Gasteiger partial charge in [0.05, 0.1) is 18.1 Å². The van der Waals surface area contributed by atoms with E-state index in [9.17, 15) is 4.79 Å². The number of carbonyl (C=O) groups is 1. The molecule has 0 unspecified atom stereocenters. The van der Waals surface area contributed by atoms with Gasteiger partial charge in [-0.25, -0.2) is 4.98 Å². The van der Waals surface area contributed by atoms with Crippen molar-refractivity contribution in [2.75, 3.05) is 0 Å². The molecule has 0 atom stereocenters. The molecule has 1 aromatic heterocycles. The second-order valence-electron chi connectivity index (χ2n) is 4.37. The molecule has 1 aliphatic rings.